The number of aryl methyl sites for hydroxylation is 1. The van der Waals surface area contributed by atoms with Gasteiger partial charge in [-0.2, -0.15) is 0 Å². The van der Waals surface area contributed by atoms with Gasteiger partial charge in [-0.15, -0.1) is 0 Å². The number of thiazole rings is 1. The zero-order chi connectivity index (χ0) is 28.0. The zero-order valence-electron chi connectivity index (χ0n) is 21.9. The van der Waals surface area contributed by atoms with E-state index in [4.69, 9.17) is 21.1 Å². The number of allylic oxidation sites excluding steroid dienone is 1. The van der Waals surface area contributed by atoms with E-state index in [9.17, 15) is 14.0 Å². The van der Waals surface area contributed by atoms with Crippen molar-refractivity contribution in [3.05, 3.63) is 113 Å². The summed E-state index contributed by atoms with van der Waals surface area (Å²) in [6.07, 6.45) is 1.82. The minimum Gasteiger partial charge on any atom is -0.496 e. The Hall–Kier alpha value is -3.95. The number of rotatable bonds is 5. The van der Waals surface area contributed by atoms with Crippen LogP contribution in [0, 0.1) is 19.7 Å². The van der Waals surface area contributed by atoms with E-state index in [1.54, 1.807) is 37.3 Å². The maximum absolute atomic E-state index is 13.9. The molecule has 5 rings (SSSR count). The lowest BCUT2D eigenvalue weighted by Crippen LogP contribution is -2.40. The van der Waals surface area contributed by atoms with E-state index in [1.165, 1.54) is 42.3 Å². The molecular formula is C29H25ClFN3O4S. The highest BCUT2D eigenvalue weighted by atomic mass is 35.5. The van der Waals surface area contributed by atoms with Gasteiger partial charge in [0.1, 0.15) is 17.6 Å². The van der Waals surface area contributed by atoms with Crippen LogP contribution < -0.4 is 19.6 Å². The van der Waals surface area contributed by atoms with Crippen LogP contribution in [0.4, 0.5) is 4.39 Å². The van der Waals surface area contributed by atoms with Crippen LogP contribution in [0.2, 0.25) is 5.02 Å². The third-order valence-corrected chi connectivity index (χ3v) is 7.97. The first-order valence-electron chi connectivity index (χ1n) is 12.0. The lowest BCUT2D eigenvalue weighted by molar-refractivity contribution is -0.136. The number of halogens is 2. The molecule has 0 saturated heterocycles. The van der Waals surface area contributed by atoms with E-state index in [0.29, 0.717) is 31.4 Å². The largest absolute Gasteiger partial charge is 0.496 e. The Morgan fingerprint density at radius 1 is 1.10 bits per heavy atom. The second-order valence-corrected chi connectivity index (χ2v) is 10.5. The Morgan fingerprint density at radius 2 is 1.82 bits per heavy atom. The number of benzene rings is 2. The second-order valence-electron chi connectivity index (χ2n) is 9.10. The van der Waals surface area contributed by atoms with Crippen LogP contribution >= 0.6 is 22.9 Å². The fourth-order valence-electron chi connectivity index (χ4n) is 4.97. The predicted molar refractivity (Wildman–Crippen MR) is 149 cm³/mol. The Balaban J connectivity index is 1.73. The lowest BCUT2D eigenvalue weighted by atomic mass is 9.95. The van der Waals surface area contributed by atoms with Gasteiger partial charge in [-0.25, -0.2) is 14.2 Å². The summed E-state index contributed by atoms with van der Waals surface area (Å²) in [6, 6.07) is 12.4. The molecule has 0 bridgehead atoms. The summed E-state index contributed by atoms with van der Waals surface area (Å²) in [4.78, 5) is 31.9. The Bertz CT molecular complexity index is 1830. The van der Waals surface area contributed by atoms with E-state index in [0.717, 1.165) is 22.6 Å². The highest BCUT2D eigenvalue weighted by Crippen LogP contribution is 2.37. The average Bonchev–Trinajstić information content (AvgIpc) is 3.37. The van der Waals surface area contributed by atoms with Crippen molar-refractivity contribution in [1.29, 1.82) is 0 Å². The van der Waals surface area contributed by atoms with Gasteiger partial charge >= 0.3 is 5.97 Å². The van der Waals surface area contributed by atoms with Gasteiger partial charge in [-0.3, -0.25) is 9.36 Å². The number of methoxy groups -OCH3 is 2. The maximum atomic E-state index is 13.9. The van der Waals surface area contributed by atoms with Crippen molar-refractivity contribution >= 4 is 35.0 Å². The summed E-state index contributed by atoms with van der Waals surface area (Å²) in [5.74, 6) is -0.437. The molecule has 10 heteroatoms. The SMILES string of the molecule is COC(=O)C1=C(C)N=c2s/c(=C\c3cc(C)n(-c4ccc(F)cc4)c3C)c(=O)n2[C@@H]1c1cc(Cl)ccc1OC. The number of carbonyl (C=O) groups excluding carboxylic acids is 1. The number of ether oxygens (including phenoxy) is 2. The molecule has 200 valence electrons. The standard InChI is InChI=1S/C29H25ClFN3O4S/c1-15-12-18(17(3)33(15)21-9-7-20(31)8-10-21)13-24-27(35)34-26(22-14-19(30)6-11-23(22)37-4)25(28(36)38-5)16(2)32-29(34)39-24/h6-14,26H,1-5H3/b24-13-/t26-/m1/s1. The highest BCUT2D eigenvalue weighted by molar-refractivity contribution is 7.07. The van der Waals surface area contributed by atoms with Crippen LogP contribution in [-0.4, -0.2) is 29.3 Å². The van der Waals surface area contributed by atoms with Crippen molar-refractivity contribution in [3.8, 4) is 11.4 Å². The molecule has 0 unspecified atom stereocenters. The minimum absolute atomic E-state index is 0.228. The molecule has 7 nitrogen and oxygen atoms in total. The number of hydrogen-bond donors (Lipinski definition) is 0. The van der Waals surface area contributed by atoms with Gasteiger partial charge in [0.05, 0.1) is 30.0 Å². The molecule has 0 N–H and O–H groups in total. The van der Waals surface area contributed by atoms with Crippen molar-refractivity contribution in [3.63, 3.8) is 0 Å². The van der Waals surface area contributed by atoms with Crippen molar-refractivity contribution in [2.24, 2.45) is 4.99 Å². The first kappa shape index (κ1) is 26.6. The van der Waals surface area contributed by atoms with Gasteiger partial charge in [0.25, 0.3) is 5.56 Å². The van der Waals surface area contributed by atoms with Crippen LogP contribution in [0.5, 0.6) is 5.75 Å². The third-order valence-electron chi connectivity index (χ3n) is 6.76. The number of hydrogen-bond acceptors (Lipinski definition) is 6. The fraction of sp³-hybridized carbons (Fsp3) is 0.207. The minimum atomic E-state index is -0.851. The summed E-state index contributed by atoms with van der Waals surface area (Å²) in [7, 11) is 2.80. The number of carbonyl (C=O) groups is 1. The highest BCUT2D eigenvalue weighted by Gasteiger charge is 2.35. The first-order chi connectivity index (χ1) is 18.6. The normalized spacial score (nSPS) is 15.3. The predicted octanol–water partition coefficient (Wildman–Crippen LogP) is 4.62. The molecule has 39 heavy (non-hydrogen) atoms. The summed E-state index contributed by atoms with van der Waals surface area (Å²) in [6.45, 7) is 5.61. The summed E-state index contributed by atoms with van der Waals surface area (Å²) in [5.41, 5.74) is 4.38. The molecule has 3 heterocycles. The van der Waals surface area contributed by atoms with Crippen LogP contribution in [0.1, 0.15) is 35.5 Å². The molecule has 0 amide bonds. The van der Waals surface area contributed by atoms with E-state index in [1.807, 2.05) is 30.6 Å². The van der Waals surface area contributed by atoms with Crippen molar-refractivity contribution in [1.82, 2.24) is 9.13 Å². The molecule has 0 aliphatic carbocycles. The van der Waals surface area contributed by atoms with Gasteiger partial charge in [-0.1, -0.05) is 22.9 Å². The van der Waals surface area contributed by atoms with E-state index in [2.05, 4.69) is 4.99 Å². The van der Waals surface area contributed by atoms with Crippen LogP contribution in [0.15, 0.2) is 69.6 Å². The van der Waals surface area contributed by atoms with Crippen LogP contribution in [0.25, 0.3) is 11.8 Å². The van der Waals surface area contributed by atoms with Crippen molar-refractivity contribution in [2.45, 2.75) is 26.8 Å². The van der Waals surface area contributed by atoms with E-state index >= 15 is 0 Å². The van der Waals surface area contributed by atoms with E-state index in [-0.39, 0.29) is 16.9 Å². The van der Waals surface area contributed by atoms with Gasteiger partial charge < -0.3 is 14.0 Å². The molecule has 2 aromatic heterocycles. The average molecular weight is 566 g/mol. The molecule has 0 spiro atoms. The number of esters is 1. The Kier molecular flexibility index (Phi) is 7.05. The number of aromatic nitrogens is 2. The summed E-state index contributed by atoms with van der Waals surface area (Å²) in [5, 5.41) is 0.431. The third kappa shape index (κ3) is 4.62. The number of nitrogens with zero attached hydrogens (tertiary/aromatic N) is 3. The zero-order valence-corrected chi connectivity index (χ0v) is 23.5. The quantitative estimate of drug-likeness (QED) is 0.331. The first-order valence-corrected chi connectivity index (χ1v) is 13.2. The van der Waals surface area contributed by atoms with Crippen LogP contribution in [0.3, 0.4) is 0 Å². The fourth-order valence-corrected chi connectivity index (χ4v) is 6.19. The molecule has 0 radical (unpaired) electrons. The summed E-state index contributed by atoms with van der Waals surface area (Å²) < 4.78 is 28.1. The molecular weight excluding hydrogens is 541 g/mol. The molecule has 1 atom stereocenters. The molecule has 1 aliphatic heterocycles. The smallest absolute Gasteiger partial charge is 0.338 e. The Morgan fingerprint density at radius 3 is 2.49 bits per heavy atom. The van der Waals surface area contributed by atoms with Crippen molar-refractivity contribution < 1.29 is 18.7 Å². The van der Waals surface area contributed by atoms with Gasteiger partial charge in [0.15, 0.2) is 4.80 Å². The van der Waals surface area contributed by atoms with Gasteiger partial charge in [-0.05, 0) is 80.9 Å². The molecule has 0 fully saturated rings. The molecule has 1 aliphatic rings. The molecule has 2 aromatic carbocycles. The molecule has 4 aromatic rings. The van der Waals surface area contributed by atoms with Gasteiger partial charge in [0.2, 0.25) is 0 Å². The monoisotopic (exact) mass is 565 g/mol. The lowest BCUT2D eigenvalue weighted by Gasteiger charge is -2.25. The topological polar surface area (TPSA) is 74.8 Å². The van der Waals surface area contributed by atoms with Gasteiger partial charge in [0, 0.05) is 27.7 Å². The molecule has 0 saturated carbocycles. The number of fused-ring (bicyclic) bond motifs is 1. The van der Waals surface area contributed by atoms with Crippen LogP contribution in [-0.2, 0) is 9.53 Å². The maximum Gasteiger partial charge on any atom is 0.338 e. The second kappa shape index (κ2) is 10.3. The van der Waals surface area contributed by atoms with Crippen molar-refractivity contribution in [2.75, 3.05) is 14.2 Å². The van der Waals surface area contributed by atoms with E-state index < -0.39 is 12.0 Å². The Labute approximate surface area is 232 Å². The summed E-state index contributed by atoms with van der Waals surface area (Å²) >= 11 is 7.57.